The molecule has 190 valence electrons. The third kappa shape index (κ3) is 6.83. The van der Waals surface area contributed by atoms with Crippen molar-refractivity contribution in [3.63, 3.8) is 0 Å². The van der Waals surface area contributed by atoms with E-state index >= 15 is 0 Å². The van der Waals surface area contributed by atoms with E-state index in [0.717, 1.165) is 22.3 Å². The van der Waals surface area contributed by atoms with E-state index in [0.29, 0.717) is 30.1 Å². The average molecular weight is 500 g/mol. The molecule has 0 aliphatic heterocycles. The molecular weight excluding hydrogens is 470 g/mol. The van der Waals surface area contributed by atoms with E-state index in [1.165, 1.54) is 0 Å². The van der Waals surface area contributed by atoms with Gasteiger partial charge in [-0.2, -0.15) is 0 Å². The van der Waals surface area contributed by atoms with E-state index < -0.39 is 24.2 Å². The second-order valence-electron chi connectivity index (χ2n) is 8.71. The molecule has 0 radical (unpaired) electrons. The number of benzene rings is 3. The number of hydrogen-bond donors (Lipinski definition) is 3. The summed E-state index contributed by atoms with van der Waals surface area (Å²) >= 11 is 0. The average Bonchev–Trinajstić information content (AvgIpc) is 3.27. The number of amides is 1. The van der Waals surface area contributed by atoms with Gasteiger partial charge in [0, 0.05) is 12.1 Å². The number of hydrogen-bond acceptors (Lipinski definition) is 6. The number of aryl methyl sites for hydroxylation is 1. The van der Waals surface area contributed by atoms with Crippen LogP contribution in [0.3, 0.4) is 0 Å². The van der Waals surface area contributed by atoms with Crippen molar-refractivity contribution in [3.8, 4) is 11.3 Å². The fraction of sp³-hybridized carbons (Fsp3) is 0.207. The van der Waals surface area contributed by atoms with Gasteiger partial charge in [-0.25, -0.2) is 4.79 Å². The summed E-state index contributed by atoms with van der Waals surface area (Å²) in [6, 6.07) is 25.7. The maximum atomic E-state index is 12.6. The Morgan fingerprint density at radius 1 is 0.946 bits per heavy atom. The SMILES string of the molecule is Cc1noc(-c2ccc(CN[C@H](Cc3ccccc3)C(=O)O)cc2)c1NC(=O)OC(C)c1ccccc1. The van der Waals surface area contributed by atoms with Crippen LogP contribution in [-0.4, -0.2) is 28.4 Å². The Hall–Kier alpha value is -4.43. The molecule has 1 unspecified atom stereocenters. The topological polar surface area (TPSA) is 114 Å². The van der Waals surface area contributed by atoms with E-state index in [1.54, 1.807) is 13.8 Å². The molecule has 1 heterocycles. The van der Waals surface area contributed by atoms with Crippen LogP contribution in [0.1, 0.15) is 35.4 Å². The molecule has 1 amide bonds. The highest BCUT2D eigenvalue weighted by molar-refractivity contribution is 5.90. The van der Waals surface area contributed by atoms with Gasteiger partial charge in [0.2, 0.25) is 0 Å². The monoisotopic (exact) mass is 499 g/mol. The molecule has 0 bridgehead atoms. The molecule has 0 fully saturated rings. The standard InChI is InChI=1S/C29H29N3O5/c1-19-26(31-29(35)36-20(2)23-11-7-4-8-12-23)27(37-32-19)24-15-13-22(14-16-24)18-30-25(28(33)34)17-21-9-5-3-6-10-21/h3-16,20,25,30H,17-18H2,1-2H3,(H,31,35)(H,33,34)/t20?,25-/m1/s1. The smallest absolute Gasteiger partial charge is 0.412 e. The van der Waals surface area contributed by atoms with Crippen LogP contribution >= 0.6 is 0 Å². The first kappa shape index (κ1) is 25.7. The van der Waals surface area contributed by atoms with Crippen molar-refractivity contribution >= 4 is 17.7 Å². The molecule has 1 aromatic heterocycles. The number of carbonyl (C=O) groups is 2. The second kappa shape index (κ2) is 12.0. The number of carboxylic acid groups (broad SMARTS) is 1. The van der Waals surface area contributed by atoms with E-state index in [1.807, 2.05) is 84.9 Å². The van der Waals surface area contributed by atoms with Crippen LogP contribution in [0.4, 0.5) is 10.5 Å². The molecule has 0 saturated heterocycles. The Balaban J connectivity index is 1.39. The van der Waals surface area contributed by atoms with E-state index in [9.17, 15) is 14.7 Å². The number of carboxylic acids is 1. The molecule has 8 heteroatoms. The van der Waals surface area contributed by atoms with Crippen LogP contribution in [0, 0.1) is 6.92 Å². The molecule has 0 aliphatic rings. The van der Waals surface area contributed by atoms with Crippen molar-refractivity contribution in [1.82, 2.24) is 10.5 Å². The van der Waals surface area contributed by atoms with Gasteiger partial charge in [0.15, 0.2) is 5.76 Å². The highest BCUT2D eigenvalue weighted by Gasteiger charge is 2.20. The second-order valence-corrected chi connectivity index (χ2v) is 8.71. The lowest BCUT2D eigenvalue weighted by Crippen LogP contribution is -2.38. The molecule has 0 saturated carbocycles. The molecule has 4 aromatic rings. The first-order valence-corrected chi connectivity index (χ1v) is 12.0. The predicted octanol–water partition coefficient (Wildman–Crippen LogP) is 5.75. The van der Waals surface area contributed by atoms with Crippen molar-refractivity contribution in [2.75, 3.05) is 5.32 Å². The van der Waals surface area contributed by atoms with Crippen LogP contribution in [0.25, 0.3) is 11.3 Å². The minimum atomic E-state index is -0.901. The van der Waals surface area contributed by atoms with E-state index in [-0.39, 0.29) is 0 Å². The minimum Gasteiger partial charge on any atom is -0.480 e. The number of carbonyl (C=O) groups excluding carboxylic acids is 1. The lowest BCUT2D eigenvalue weighted by Gasteiger charge is -2.15. The lowest BCUT2D eigenvalue weighted by atomic mass is 10.0. The Morgan fingerprint density at radius 2 is 1.59 bits per heavy atom. The largest absolute Gasteiger partial charge is 0.480 e. The number of aliphatic carboxylic acids is 1. The zero-order valence-corrected chi connectivity index (χ0v) is 20.7. The molecule has 4 rings (SSSR count). The van der Waals surface area contributed by atoms with Gasteiger partial charge in [-0.15, -0.1) is 0 Å². The molecule has 3 aromatic carbocycles. The number of nitrogens with one attached hydrogen (secondary N) is 2. The third-order valence-electron chi connectivity index (χ3n) is 5.99. The summed E-state index contributed by atoms with van der Waals surface area (Å²) in [5.74, 6) is -0.490. The van der Waals surface area contributed by atoms with Crippen molar-refractivity contribution in [1.29, 1.82) is 0 Å². The summed E-state index contributed by atoms with van der Waals surface area (Å²) in [7, 11) is 0. The van der Waals surface area contributed by atoms with Gasteiger partial charge in [0.1, 0.15) is 23.5 Å². The van der Waals surface area contributed by atoms with E-state index in [4.69, 9.17) is 9.26 Å². The fourth-order valence-electron chi connectivity index (χ4n) is 3.91. The van der Waals surface area contributed by atoms with Crippen molar-refractivity contribution < 1.29 is 24.0 Å². The normalized spacial score (nSPS) is 12.5. The zero-order valence-electron chi connectivity index (χ0n) is 20.7. The highest BCUT2D eigenvalue weighted by Crippen LogP contribution is 2.31. The van der Waals surface area contributed by atoms with Crippen LogP contribution in [0.15, 0.2) is 89.5 Å². The third-order valence-corrected chi connectivity index (χ3v) is 5.99. The quantitative estimate of drug-likeness (QED) is 0.255. The maximum absolute atomic E-state index is 12.6. The van der Waals surface area contributed by atoms with Gasteiger partial charge < -0.3 is 19.7 Å². The molecule has 0 spiro atoms. The van der Waals surface area contributed by atoms with Gasteiger partial charge in [-0.1, -0.05) is 90.1 Å². The van der Waals surface area contributed by atoms with Gasteiger partial charge in [0.25, 0.3) is 0 Å². The Morgan fingerprint density at radius 3 is 2.24 bits per heavy atom. The molecule has 8 nitrogen and oxygen atoms in total. The Kier molecular flexibility index (Phi) is 8.33. The summed E-state index contributed by atoms with van der Waals surface area (Å²) in [6.07, 6.45) is -0.643. The molecule has 3 N–H and O–H groups in total. The van der Waals surface area contributed by atoms with Crippen LogP contribution < -0.4 is 10.6 Å². The van der Waals surface area contributed by atoms with Gasteiger partial charge in [-0.05, 0) is 37.0 Å². The van der Waals surface area contributed by atoms with Gasteiger partial charge >= 0.3 is 12.1 Å². The van der Waals surface area contributed by atoms with Crippen molar-refractivity contribution in [2.24, 2.45) is 0 Å². The van der Waals surface area contributed by atoms with Crippen LogP contribution in [0.2, 0.25) is 0 Å². The Labute approximate surface area is 215 Å². The lowest BCUT2D eigenvalue weighted by molar-refractivity contribution is -0.139. The predicted molar refractivity (Wildman–Crippen MR) is 140 cm³/mol. The first-order valence-electron chi connectivity index (χ1n) is 12.0. The summed E-state index contributed by atoms with van der Waals surface area (Å²) in [6.45, 7) is 3.92. The van der Waals surface area contributed by atoms with Gasteiger partial charge in [-0.3, -0.25) is 10.1 Å². The summed E-state index contributed by atoms with van der Waals surface area (Å²) in [5, 5.41) is 19.5. The summed E-state index contributed by atoms with van der Waals surface area (Å²) < 4.78 is 11.0. The van der Waals surface area contributed by atoms with Crippen LogP contribution in [-0.2, 0) is 22.5 Å². The number of anilines is 1. The number of rotatable bonds is 10. The molecule has 0 aliphatic carbocycles. The Bertz CT molecular complexity index is 1320. The number of nitrogens with zero attached hydrogens (tertiary/aromatic N) is 1. The van der Waals surface area contributed by atoms with Crippen molar-refractivity contribution in [2.45, 2.75) is 39.0 Å². The van der Waals surface area contributed by atoms with E-state index in [2.05, 4.69) is 15.8 Å². The summed E-state index contributed by atoms with van der Waals surface area (Å²) in [5.41, 5.74) is 4.42. The number of aromatic nitrogens is 1. The van der Waals surface area contributed by atoms with Crippen LogP contribution in [0.5, 0.6) is 0 Å². The molecule has 2 atom stereocenters. The molecule has 37 heavy (non-hydrogen) atoms. The maximum Gasteiger partial charge on any atom is 0.412 e. The highest BCUT2D eigenvalue weighted by atomic mass is 16.6. The van der Waals surface area contributed by atoms with Gasteiger partial charge in [0.05, 0.1) is 0 Å². The first-order chi connectivity index (χ1) is 17.9. The summed E-state index contributed by atoms with van der Waals surface area (Å²) in [4.78, 5) is 24.3. The molecular formula is C29H29N3O5. The van der Waals surface area contributed by atoms with Crippen molar-refractivity contribution in [3.05, 3.63) is 107 Å². The zero-order chi connectivity index (χ0) is 26.2. The minimum absolute atomic E-state index is 0.383. The fourth-order valence-corrected chi connectivity index (χ4v) is 3.91. The number of ether oxygens (including phenoxy) is 1.